The van der Waals surface area contributed by atoms with E-state index in [1.54, 1.807) is 0 Å². The summed E-state index contributed by atoms with van der Waals surface area (Å²) in [5, 5.41) is 4.13. The van der Waals surface area contributed by atoms with Crippen molar-refractivity contribution in [1.29, 1.82) is 0 Å². The minimum absolute atomic E-state index is 0.129. The summed E-state index contributed by atoms with van der Waals surface area (Å²) in [6.45, 7) is 3.21. The number of fused-ring (bicyclic) bond motifs is 3. The van der Waals surface area contributed by atoms with Gasteiger partial charge in [0.25, 0.3) is 5.91 Å². The molecule has 3 aromatic rings. The van der Waals surface area contributed by atoms with Gasteiger partial charge in [0.15, 0.2) is 0 Å². The van der Waals surface area contributed by atoms with Gasteiger partial charge in [-0.2, -0.15) is 0 Å². The van der Waals surface area contributed by atoms with Crippen LogP contribution in [-0.4, -0.2) is 42.2 Å². The third-order valence-corrected chi connectivity index (χ3v) is 5.74. The Kier molecular flexibility index (Phi) is 4.49. The number of rotatable bonds is 3. The molecule has 0 bridgehead atoms. The number of anilines is 2. The second-order valence-corrected chi connectivity index (χ2v) is 7.47. The summed E-state index contributed by atoms with van der Waals surface area (Å²) in [7, 11) is 0. The number of amides is 1. The summed E-state index contributed by atoms with van der Waals surface area (Å²) >= 11 is 0. The highest BCUT2D eigenvalue weighted by atomic mass is 16.5. The summed E-state index contributed by atoms with van der Waals surface area (Å²) in [5.41, 5.74) is 5.33. The molecule has 2 aromatic heterocycles. The van der Waals surface area contributed by atoms with Crippen molar-refractivity contribution in [3.63, 3.8) is 0 Å². The number of hydrogen-bond acceptors (Lipinski definition) is 4. The molecule has 1 aliphatic carbocycles. The van der Waals surface area contributed by atoms with E-state index in [0.717, 1.165) is 50.3 Å². The zero-order valence-corrected chi connectivity index (χ0v) is 15.8. The highest BCUT2D eigenvalue weighted by Crippen LogP contribution is 2.31. The minimum Gasteiger partial charge on any atom is -0.378 e. The molecule has 1 amide bonds. The lowest BCUT2D eigenvalue weighted by molar-refractivity contribution is 0.102. The van der Waals surface area contributed by atoms with Gasteiger partial charge in [0.05, 0.1) is 36.2 Å². The van der Waals surface area contributed by atoms with E-state index >= 15 is 0 Å². The number of para-hydroxylation sites is 1. The highest BCUT2D eigenvalue weighted by molar-refractivity contribution is 6.12. The van der Waals surface area contributed by atoms with Gasteiger partial charge in [-0.3, -0.25) is 4.79 Å². The fraction of sp³-hybridized carbons (Fsp3) is 0.364. The van der Waals surface area contributed by atoms with E-state index in [2.05, 4.69) is 26.3 Å². The van der Waals surface area contributed by atoms with Crippen LogP contribution in [0, 0.1) is 0 Å². The third-order valence-electron chi connectivity index (χ3n) is 5.74. The Balaban J connectivity index is 1.37. The maximum Gasteiger partial charge on any atom is 0.258 e. The van der Waals surface area contributed by atoms with Gasteiger partial charge in [-0.1, -0.05) is 12.1 Å². The molecule has 0 atom stereocenters. The van der Waals surface area contributed by atoms with E-state index < -0.39 is 0 Å². The van der Waals surface area contributed by atoms with E-state index in [1.807, 2.05) is 30.5 Å². The van der Waals surface area contributed by atoms with Crippen LogP contribution >= 0.6 is 0 Å². The zero-order chi connectivity index (χ0) is 18.9. The maximum absolute atomic E-state index is 12.9. The Morgan fingerprint density at radius 3 is 2.79 bits per heavy atom. The van der Waals surface area contributed by atoms with Gasteiger partial charge in [-0.25, -0.2) is 4.98 Å². The van der Waals surface area contributed by atoms with Crippen molar-refractivity contribution in [2.75, 3.05) is 36.5 Å². The van der Waals surface area contributed by atoms with Crippen LogP contribution < -0.4 is 10.2 Å². The molecule has 144 valence electrons. The summed E-state index contributed by atoms with van der Waals surface area (Å²) in [6.07, 6.45) is 6.39. The summed E-state index contributed by atoms with van der Waals surface area (Å²) in [6, 6.07) is 9.82. The summed E-state index contributed by atoms with van der Waals surface area (Å²) < 4.78 is 5.39. The molecule has 6 nitrogen and oxygen atoms in total. The number of ether oxygens (including phenoxy) is 1. The van der Waals surface area contributed by atoms with E-state index in [4.69, 9.17) is 4.74 Å². The number of H-pyrrole nitrogens is 1. The van der Waals surface area contributed by atoms with E-state index in [-0.39, 0.29) is 5.91 Å². The Hall–Kier alpha value is -2.86. The molecule has 0 unspecified atom stereocenters. The van der Waals surface area contributed by atoms with Crippen LogP contribution in [0.3, 0.4) is 0 Å². The molecule has 6 heteroatoms. The Bertz CT molecular complexity index is 1000. The first-order valence-corrected chi connectivity index (χ1v) is 10.0. The molecule has 3 heterocycles. The fourth-order valence-corrected chi connectivity index (χ4v) is 4.27. The van der Waals surface area contributed by atoms with Crippen LogP contribution in [0.5, 0.6) is 0 Å². The predicted molar refractivity (Wildman–Crippen MR) is 110 cm³/mol. The van der Waals surface area contributed by atoms with Crippen molar-refractivity contribution in [2.24, 2.45) is 0 Å². The van der Waals surface area contributed by atoms with Crippen molar-refractivity contribution in [3.05, 3.63) is 53.3 Å². The van der Waals surface area contributed by atoms with Crippen molar-refractivity contribution < 1.29 is 9.53 Å². The van der Waals surface area contributed by atoms with Crippen LogP contribution in [0.1, 0.15) is 34.5 Å². The maximum atomic E-state index is 12.9. The number of morpholine rings is 1. The van der Waals surface area contributed by atoms with Crippen molar-refractivity contribution >= 4 is 28.3 Å². The molecule has 1 aromatic carbocycles. The highest BCUT2D eigenvalue weighted by Gasteiger charge is 2.19. The number of nitrogens with zero attached hydrogens (tertiary/aromatic N) is 2. The van der Waals surface area contributed by atoms with E-state index in [9.17, 15) is 4.79 Å². The molecule has 0 saturated carbocycles. The molecular formula is C22H24N4O2. The SMILES string of the molecule is O=C(Nc1ccc(N2CCOCC2)cn1)c1cccc2c3c([nH]c12)CCCC3. The van der Waals surface area contributed by atoms with E-state index in [1.165, 1.54) is 29.5 Å². The van der Waals surface area contributed by atoms with Gasteiger partial charge in [0, 0.05) is 24.2 Å². The molecule has 0 radical (unpaired) electrons. The van der Waals surface area contributed by atoms with Gasteiger partial charge in [-0.15, -0.1) is 0 Å². The standard InChI is InChI=1S/C22H24N4O2/c27-22(25-20-9-8-15(14-23-20)26-10-12-28-13-11-26)18-6-3-5-17-16-4-1-2-7-19(16)24-21(17)18/h3,5-6,8-9,14,24H,1-2,4,7,10-13H2,(H,23,25,27). The van der Waals surface area contributed by atoms with Crippen LogP contribution in [0.15, 0.2) is 36.5 Å². The second-order valence-electron chi connectivity index (χ2n) is 7.47. The molecule has 1 fully saturated rings. The first-order chi connectivity index (χ1) is 13.8. The van der Waals surface area contributed by atoms with Crippen LogP contribution in [0.25, 0.3) is 10.9 Å². The van der Waals surface area contributed by atoms with Crippen LogP contribution in [0.2, 0.25) is 0 Å². The number of pyridine rings is 1. The fourth-order valence-electron chi connectivity index (χ4n) is 4.27. The number of aromatic amines is 1. The Morgan fingerprint density at radius 1 is 1.11 bits per heavy atom. The summed E-state index contributed by atoms with van der Waals surface area (Å²) in [5.74, 6) is 0.436. The molecule has 28 heavy (non-hydrogen) atoms. The topological polar surface area (TPSA) is 70.2 Å². The number of carbonyl (C=O) groups is 1. The quantitative estimate of drug-likeness (QED) is 0.734. The zero-order valence-electron chi connectivity index (χ0n) is 15.8. The molecule has 2 N–H and O–H groups in total. The normalized spacial score (nSPS) is 16.8. The minimum atomic E-state index is -0.129. The lowest BCUT2D eigenvalue weighted by Gasteiger charge is -2.28. The predicted octanol–water partition coefficient (Wildman–Crippen LogP) is 3.53. The van der Waals surface area contributed by atoms with Crippen LogP contribution in [0.4, 0.5) is 11.5 Å². The smallest absolute Gasteiger partial charge is 0.258 e. The van der Waals surface area contributed by atoms with Crippen molar-refractivity contribution in [2.45, 2.75) is 25.7 Å². The van der Waals surface area contributed by atoms with Gasteiger partial charge in [0.2, 0.25) is 0 Å². The summed E-state index contributed by atoms with van der Waals surface area (Å²) in [4.78, 5) is 23.1. The first-order valence-electron chi connectivity index (χ1n) is 10.0. The monoisotopic (exact) mass is 376 g/mol. The van der Waals surface area contributed by atoms with E-state index in [0.29, 0.717) is 11.4 Å². The molecule has 1 saturated heterocycles. The van der Waals surface area contributed by atoms with Gasteiger partial charge in [0.1, 0.15) is 5.82 Å². The lowest BCUT2D eigenvalue weighted by Crippen LogP contribution is -2.36. The molecule has 5 rings (SSSR count). The number of aromatic nitrogens is 2. The van der Waals surface area contributed by atoms with Gasteiger partial charge < -0.3 is 19.9 Å². The largest absolute Gasteiger partial charge is 0.378 e. The van der Waals surface area contributed by atoms with Crippen LogP contribution in [-0.2, 0) is 17.6 Å². The number of hydrogen-bond donors (Lipinski definition) is 2. The Labute approximate surface area is 163 Å². The van der Waals surface area contributed by atoms with Crippen molar-refractivity contribution in [1.82, 2.24) is 9.97 Å². The molecule has 0 spiro atoms. The first kappa shape index (κ1) is 17.3. The molecule has 1 aliphatic heterocycles. The molecule has 2 aliphatic rings. The number of carbonyl (C=O) groups excluding carboxylic acids is 1. The number of aryl methyl sites for hydroxylation is 2. The average Bonchev–Trinajstić information content (AvgIpc) is 3.14. The van der Waals surface area contributed by atoms with Gasteiger partial charge >= 0.3 is 0 Å². The lowest BCUT2D eigenvalue weighted by atomic mass is 9.95. The van der Waals surface area contributed by atoms with Gasteiger partial charge in [-0.05, 0) is 49.4 Å². The second kappa shape index (κ2) is 7.28. The Morgan fingerprint density at radius 2 is 1.96 bits per heavy atom. The number of benzene rings is 1. The van der Waals surface area contributed by atoms with Crippen molar-refractivity contribution in [3.8, 4) is 0 Å². The molecular weight excluding hydrogens is 352 g/mol. The number of nitrogens with one attached hydrogen (secondary N) is 2. The average molecular weight is 376 g/mol. The third kappa shape index (κ3) is 3.14.